The van der Waals surface area contributed by atoms with Crippen molar-refractivity contribution in [3.63, 3.8) is 0 Å². The normalized spacial score (nSPS) is 17.2. The minimum atomic E-state index is 0.668. The van der Waals surface area contributed by atoms with E-state index in [9.17, 15) is 0 Å². The predicted molar refractivity (Wildman–Crippen MR) is 45.6 cm³/mol. The van der Waals surface area contributed by atoms with E-state index >= 15 is 0 Å². The van der Waals surface area contributed by atoms with Crippen LogP contribution in [0.15, 0.2) is 0 Å². The average Bonchev–Trinajstić information content (AvgIpc) is 2.75. The second-order valence-electron chi connectivity index (χ2n) is 2.85. The van der Waals surface area contributed by atoms with Gasteiger partial charge in [-0.05, 0) is 19.1 Å². The van der Waals surface area contributed by atoms with Gasteiger partial charge in [0, 0.05) is 5.92 Å². The summed E-state index contributed by atoms with van der Waals surface area (Å²) in [4.78, 5) is 4.37. The number of H-pyrrole nitrogens is 1. The Bertz CT molecular complexity index is 242. The summed E-state index contributed by atoms with van der Waals surface area (Å²) in [7, 11) is 0. The lowest BCUT2D eigenvalue weighted by Crippen LogP contribution is -1.83. The van der Waals surface area contributed by atoms with Crippen LogP contribution in [0.3, 0.4) is 0 Å². The van der Waals surface area contributed by atoms with Crippen LogP contribution in [0.5, 0.6) is 0 Å². The maximum absolute atomic E-state index is 4.37. The zero-order valence-corrected chi connectivity index (χ0v) is 7.32. The van der Waals surface area contributed by atoms with Gasteiger partial charge in [0.05, 0.1) is 5.75 Å². The van der Waals surface area contributed by atoms with Crippen LogP contribution in [-0.4, -0.2) is 21.4 Å². The van der Waals surface area contributed by atoms with Crippen LogP contribution in [0.25, 0.3) is 0 Å². The van der Waals surface area contributed by atoms with Crippen LogP contribution in [0.2, 0.25) is 0 Å². The smallest absolute Gasteiger partial charge is 0.153 e. The van der Waals surface area contributed by atoms with Crippen LogP contribution >= 0.6 is 11.8 Å². The second-order valence-corrected chi connectivity index (χ2v) is 3.71. The van der Waals surface area contributed by atoms with Gasteiger partial charge in [-0.15, -0.1) is 0 Å². The maximum atomic E-state index is 4.37. The molecule has 0 radical (unpaired) electrons. The highest BCUT2D eigenvalue weighted by Gasteiger charge is 2.27. The van der Waals surface area contributed by atoms with Gasteiger partial charge in [-0.25, -0.2) is 4.98 Å². The number of hydrogen-bond donors (Lipinski definition) is 1. The molecule has 0 amide bonds. The molecule has 0 spiro atoms. The number of aromatic nitrogens is 3. The highest BCUT2D eigenvalue weighted by molar-refractivity contribution is 7.97. The summed E-state index contributed by atoms with van der Waals surface area (Å²) in [5.41, 5.74) is 0. The van der Waals surface area contributed by atoms with Gasteiger partial charge in [0.25, 0.3) is 0 Å². The maximum Gasteiger partial charge on any atom is 0.153 e. The van der Waals surface area contributed by atoms with Crippen molar-refractivity contribution in [1.29, 1.82) is 0 Å². The van der Waals surface area contributed by atoms with E-state index in [2.05, 4.69) is 21.4 Å². The largest absolute Gasteiger partial charge is 0.262 e. The number of thioether (sulfide) groups is 1. The van der Waals surface area contributed by atoms with E-state index in [-0.39, 0.29) is 0 Å². The summed E-state index contributed by atoms with van der Waals surface area (Å²) >= 11 is 1.77. The minimum Gasteiger partial charge on any atom is -0.262 e. The van der Waals surface area contributed by atoms with Crippen molar-refractivity contribution in [2.45, 2.75) is 24.5 Å². The quantitative estimate of drug-likeness (QED) is 0.746. The molecule has 2 rings (SSSR count). The number of hydrogen-bond acceptors (Lipinski definition) is 3. The van der Waals surface area contributed by atoms with Gasteiger partial charge in [0.15, 0.2) is 5.82 Å². The van der Waals surface area contributed by atoms with Crippen molar-refractivity contribution >= 4 is 11.8 Å². The average molecular weight is 169 g/mol. The molecule has 1 fully saturated rings. The molecular formula is C7H11N3S. The number of nitrogens with zero attached hydrogens (tertiary/aromatic N) is 2. The Kier molecular flexibility index (Phi) is 1.85. The topological polar surface area (TPSA) is 41.6 Å². The van der Waals surface area contributed by atoms with Crippen molar-refractivity contribution in [2.24, 2.45) is 0 Å². The molecule has 0 atom stereocenters. The van der Waals surface area contributed by atoms with Gasteiger partial charge in [-0.2, -0.15) is 16.9 Å². The molecule has 3 nitrogen and oxygen atoms in total. The van der Waals surface area contributed by atoms with E-state index in [1.165, 1.54) is 12.8 Å². The molecule has 1 aliphatic carbocycles. The van der Waals surface area contributed by atoms with Gasteiger partial charge in [-0.1, -0.05) is 0 Å². The Morgan fingerprint density at radius 1 is 1.64 bits per heavy atom. The zero-order chi connectivity index (χ0) is 7.68. The molecule has 1 saturated carbocycles. The predicted octanol–water partition coefficient (Wildman–Crippen LogP) is 1.55. The fraction of sp³-hybridized carbons (Fsp3) is 0.714. The summed E-state index contributed by atoms with van der Waals surface area (Å²) < 4.78 is 0. The van der Waals surface area contributed by atoms with E-state index in [0.717, 1.165) is 17.4 Å². The van der Waals surface area contributed by atoms with E-state index in [4.69, 9.17) is 0 Å². The zero-order valence-electron chi connectivity index (χ0n) is 6.50. The first-order valence-corrected chi connectivity index (χ1v) is 5.19. The highest BCUT2D eigenvalue weighted by atomic mass is 32.2. The summed E-state index contributed by atoms with van der Waals surface area (Å²) in [5.74, 6) is 3.65. The van der Waals surface area contributed by atoms with Crippen LogP contribution in [0.1, 0.15) is 30.4 Å². The SMILES string of the molecule is CSCc1nc(C2CC2)n[nH]1. The van der Waals surface area contributed by atoms with Crippen molar-refractivity contribution < 1.29 is 0 Å². The summed E-state index contributed by atoms with van der Waals surface area (Å²) in [6.07, 6.45) is 4.62. The molecule has 60 valence electrons. The molecule has 1 aromatic rings. The molecule has 1 aromatic heterocycles. The Labute approximate surface area is 70.0 Å². The first-order valence-electron chi connectivity index (χ1n) is 3.80. The van der Waals surface area contributed by atoms with Gasteiger partial charge in [0.2, 0.25) is 0 Å². The van der Waals surface area contributed by atoms with Crippen LogP contribution in [0.4, 0.5) is 0 Å². The van der Waals surface area contributed by atoms with Crippen LogP contribution < -0.4 is 0 Å². The molecule has 0 aromatic carbocycles. The molecule has 11 heavy (non-hydrogen) atoms. The second kappa shape index (κ2) is 2.85. The van der Waals surface area contributed by atoms with E-state index in [0.29, 0.717) is 5.92 Å². The third kappa shape index (κ3) is 1.56. The molecule has 0 saturated heterocycles. The third-order valence-electron chi connectivity index (χ3n) is 1.77. The first-order chi connectivity index (χ1) is 5.40. The van der Waals surface area contributed by atoms with Crippen molar-refractivity contribution in [1.82, 2.24) is 15.2 Å². The fourth-order valence-corrected chi connectivity index (χ4v) is 1.44. The fourth-order valence-electron chi connectivity index (χ4n) is 1.04. The number of rotatable bonds is 3. The molecule has 0 aliphatic heterocycles. The van der Waals surface area contributed by atoms with Gasteiger partial charge < -0.3 is 0 Å². The van der Waals surface area contributed by atoms with Crippen LogP contribution in [-0.2, 0) is 5.75 Å². The lowest BCUT2D eigenvalue weighted by molar-refractivity contribution is 0.934. The summed E-state index contributed by atoms with van der Waals surface area (Å²) in [6.45, 7) is 0. The Balaban J connectivity index is 2.06. The van der Waals surface area contributed by atoms with E-state index < -0.39 is 0 Å². The monoisotopic (exact) mass is 169 g/mol. The van der Waals surface area contributed by atoms with Gasteiger partial charge in [-0.3, -0.25) is 5.10 Å². The lowest BCUT2D eigenvalue weighted by atomic mass is 10.4. The number of nitrogens with one attached hydrogen (secondary N) is 1. The molecule has 1 aliphatic rings. The van der Waals surface area contributed by atoms with Crippen LogP contribution in [0, 0.1) is 0 Å². The van der Waals surface area contributed by atoms with Crippen molar-refractivity contribution in [2.75, 3.05) is 6.26 Å². The molecule has 1 heterocycles. The van der Waals surface area contributed by atoms with E-state index in [1.54, 1.807) is 11.8 Å². The van der Waals surface area contributed by atoms with Gasteiger partial charge >= 0.3 is 0 Å². The Morgan fingerprint density at radius 3 is 3.09 bits per heavy atom. The Hall–Kier alpha value is -0.510. The first kappa shape index (κ1) is 7.16. The number of aromatic amines is 1. The molecule has 1 N–H and O–H groups in total. The highest BCUT2D eigenvalue weighted by Crippen LogP contribution is 2.37. The third-order valence-corrected chi connectivity index (χ3v) is 2.33. The minimum absolute atomic E-state index is 0.668. The molecular weight excluding hydrogens is 158 g/mol. The summed E-state index contributed by atoms with van der Waals surface area (Å²) in [5, 5.41) is 7.09. The van der Waals surface area contributed by atoms with Crippen molar-refractivity contribution in [3.05, 3.63) is 11.6 Å². The van der Waals surface area contributed by atoms with Crippen molar-refractivity contribution in [3.8, 4) is 0 Å². The van der Waals surface area contributed by atoms with E-state index in [1.807, 2.05) is 0 Å². The lowest BCUT2D eigenvalue weighted by Gasteiger charge is -1.86. The standard InChI is InChI=1S/C7H11N3S/c1-11-4-6-8-7(10-9-6)5-2-3-5/h5H,2-4H2,1H3,(H,8,9,10). The molecule has 0 unspecified atom stereocenters. The molecule has 4 heteroatoms. The van der Waals surface area contributed by atoms with Gasteiger partial charge in [0.1, 0.15) is 5.82 Å². The Morgan fingerprint density at radius 2 is 2.45 bits per heavy atom. The summed E-state index contributed by atoms with van der Waals surface area (Å²) in [6, 6.07) is 0. The molecule has 0 bridgehead atoms.